The molecule has 0 saturated carbocycles. The van der Waals surface area contributed by atoms with E-state index < -0.39 is 0 Å². The van der Waals surface area contributed by atoms with Gasteiger partial charge in [-0.2, -0.15) is 0 Å². The van der Waals surface area contributed by atoms with Gasteiger partial charge in [-0.25, -0.2) is 0 Å². The van der Waals surface area contributed by atoms with Gasteiger partial charge in [-0.15, -0.1) is 0 Å². The van der Waals surface area contributed by atoms with Gasteiger partial charge in [0, 0.05) is 23.6 Å². The molecule has 0 bridgehead atoms. The van der Waals surface area contributed by atoms with Gasteiger partial charge in [0.15, 0.2) is 0 Å². The number of fused-ring (bicyclic) bond motifs is 1. The van der Waals surface area contributed by atoms with Crippen LogP contribution in [0.15, 0.2) is 28.9 Å². The van der Waals surface area contributed by atoms with Crippen molar-refractivity contribution in [1.82, 2.24) is 4.90 Å². The zero-order valence-electron chi connectivity index (χ0n) is 12.0. The number of rotatable bonds is 2. The molecular formula is C16H20N2O2. The SMILES string of the molecule is CC(=O)Nc1ccc2occ(C3CCN(C)CC3)c2c1. The Morgan fingerprint density at radius 1 is 1.35 bits per heavy atom. The summed E-state index contributed by atoms with van der Waals surface area (Å²) < 4.78 is 5.66. The first-order valence-corrected chi connectivity index (χ1v) is 7.11. The Morgan fingerprint density at radius 3 is 2.80 bits per heavy atom. The first-order chi connectivity index (χ1) is 9.63. The minimum absolute atomic E-state index is 0.0475. The molecule has 0 aliphatic carbocycles. The average Bonchev–Trinajstić information content (AvgIpc) is 2.82. The molecule has 0 spiro atoms. The maximum Gasteiger partial charge on any atom is 0.221 e. The number of carbonyl (C=O) groups is 1. The molecular weight excluding hydrogens is 252 g/mol. The number of anilines is 1. The first-order valence-electron chi connectivity index (χ1n) is 7.11. The van der Waals surface area contributed by atoms with Crippen LogP contribution in [0.5, 0.6) is 0 Å². The largest absolute Gasteiger partial charge is 0.464 e. The van der Waals surface area contributed by atoms with E-state index in [1.54, 1.807) is 0 Å². The molecule has 4 heteroatoms. The van der Waals surface area contributed by atoms with E-state index in [1.165, 1.54) is 12.5 Å². The van der Waals surface area contributed by atoms with Gasteiger partial charge in [0.2, 0.25) is 5.91 Å². The van der Waals surface area contributed by atoms with Crippen LogP contribution in [-0.4, -0.2) is 30.9 Å². The average molecular weight is 272 g/mol. The Balaban J connectivity index is 1.92. The fraction of sp³-hybridized carbons (Fsp3) is 0.438. The second kappa shape index (κ2) is 5.29. The van der Waals surface area contributed by atoms with Crippen LogP contribution in [0.4, 0.5) is 5.69 Å². The van der Waals surface area contributed by atoms with E-state index in [0.29, 0.717) is 5.92 Å². The number of benzene rings is 1. The van der Waals surface area contributed by atoms with Crippen LogP contribution < -0.4 is 5.32 Å². The molecule has 1 N–H and O–H groups in total. The third kappa shape index (κ3) is 2.56. The Bertz CT molecular complexity index is 624. The molecule has 1 fully saturated rings. The lowest BCUT2D eigenvalue weighted by molar-refractivity contribution is -0.114. The number of hydrogen-bond donors (Lipinski definition) is 1. The monoisotopic (exact) mass is 272 g/mol. The van der Waals surface area contributed by atoms with Crippen molar-refractivity contribution in [2.45, 2.75) is 25.7 Å². The van der Waals surface area contributed by atoms with E-state index in [9.17, 15) is 4.79 Å². The number of amides is 1. The van der Waals surface area contributed by atoms with Crippen LogP contribution in [0.3, 0.4) is 0 Å². The number of nitrogens with one attached hydrogen (secondary N) is 1. The topological polar surface area (TPSA) is 45.5 Å². The third-order valence-electron chi connectivity index (χ3n) is 4.08. The molecule has 1 saturated heterocycles. The molecule has 1 aliphatic heterocycles. The molecule has 1 aliphatic rings. The quantitative estimate of drug-likeness (QED) is 0.913. The molecule has 4 nitrogen and oxygen atoms in total. The molecule has 1 amide bonds. The fourth-order valence-electron chi connectivity index (χ4n) is 2.97. The predicted molar refractivity (Wildman–Crippen MR) is 80.0 cm³/mol. The number of hydrogen-bond acceptors (Lipinski definition) is 3. The highest BCUT2D eigenvalue weighted by Crippen LogP contribution is 2.35. The van der Waals surface area contributed by atoms with Gasteiger partial charge in [0.1, 0.15) is 5.58 Å². The van der Waals surface area contributed by atoms with Crippen molar-refractivity contribution in [1.29, 1.82) is 0 Å². The van der Waals surface area contributed by atoms with Crippen LogP contribution in [-0.2, 0) is 4.79 Å². The van der Waals surface area contributed by atoms with E-state index in [1.807, 2.05) is 24.5 Å². The zero-order valence-corrected chi connectivity index (χ0v) is 12.0. The predicted octanol–water partition coefficient (Wildman–Crippen LogP) is 3.20. The minimum Gasteiger partial charge on any atom is -0.464 e. The molecule has 1 aromatic heterocycles. The third-order valence-corrected chi connectivity index (χ3v) is 4.08. The first kappa shape index (κ1) is 13.2. The zero-order chi connectivity index (χ0) is 14.1. The maximum atomic E-state index is 11.2. The van der Waals surface area contributed by atoms with Gasteiger partial charge >= 0.3 is 0 Å². The molecule has 0 atom stereocenters. The summed E-state index contributed by atoms with van der Waals surface area (Å²) in [7, 11) is 2.17. The van der Waals surface area contributed by atoms with Crippen molar-refractivity contribution < 1.29 is 9.21 Å². The maximum absolute atomic E-state index is 11.2. The highest BCUT2D eigenvalue weighted by Gasteiger charge is 2.22. The molecule has 0 unspecified atom stereocenters. The summed E-state index contributed by atoms with van der Waals surface area (Å²) in [5.74, 6) is 0.508. The summed E-state index contributed by atoms with van der Waals surface area (Å²) >= 11 is 0. The Hall–Kier alpha value is -1.81. The smallest absolute Gasteiger partial charge is 0.221 e. The van der Waals surface area contributed by atoms with Crippen molar-refractivity contribution in [2.24, 2.45) is 0 Å². The summed E-state index contributed by atoms with van der Waals surface area (Å²) in [5, 5.41) is 3.97. The highest BCUT2D eigenvalue weighted by molar-refractivity contribution is 5.93. The minimum atomic E-state index is -0.0475. The summed E-state index contributed by atoms with van der Waals surface area (Å²) in [6.45, 7) is 3.78. The van der Waals surface area contributed by atoms with Gasteiger partial charge < -0.3 is 14.6 Å². The van der Waals surface area contributed by atoms with Crippen molar-refractivity contribution in [3.63, 3.8) is 0 Å². The van der Waals surface area contributed by atoms with Crippen LogP contribution in [0.1, 0.15) is 31.2 Å². The van der Waals surface area contributed by atoms with Gasteiger partial charge in [-0.05, 0) is 57.1 Å². The molecule has 3 rings (SSSR count). The number of carbonyl (C=O) groups excluding carboxylic acids is 1. The Morgan fingerprint density at radius 2 is 2.10 bits per heavy atom. The number of likely N-dealkylation sites (tertiary alicyclic amines) is 1. The van der Waals surface area contributed by atoms with Crippen molar-refractivity contribution >= 4 is 22.6 Å². The Kier molecular flexibility index (Phi) is 3.49. The van der Waals surface area contributed by atoms with E-state index in [-0.39, 0.29) is 5.91 Å². The van der Waals surface area contributed by atoms with Crippen molar-refractivity contribution in [3.05, 3.63) is 30.0 Å². The summed E-state index contributed by atoms with van der Waals surface area (Å²) in [4.78, 5) is 13.5. The van der Waals surface area contributed by atoms with Gasteiger partial charge in [-0.3, -0.25) is 4.79 Å². The van der Waals surface area contributed by atoms with E-state index in [2.05, 4.69) is 17.3 Å². The number of piperidine rings is 1. The van der Waals surface area contributed by atoms with Gasteiger partial charge in [0.05, 0.1) is 6.26 Å². The number of nitrogens with zero attached hydrogens (tertiary/aromatic N) is 1. The molecule has 2 aromatic rings. The van der Waals surface area contributed by atoms with E-state index in [4.69, 9.17) is 4.42 Å². The van der Waals surface area contributed by atoms with Crippen LogP contribution in [0, 0.1) is 0 Å². The standard InChI is InChI=1S/C16H20N2O2/c1-11(19)17-13-3-4-16-14(9-13)15(10-20-16)12-5-7-18(2)8-6-12/h3-4,9-10,12H,5-8H2,1-2H3,(H,17,19). The lowest BCUT2D eigenvalue weighted by Gasteiger charge is -2.28. The summed E-state index contributed by atoms with van der Waals surface area (Å²) in [6, 6.07) is 5.83. The number of furan rings is 1. The lowest BCUT2D eigenvalue weighted by Crippen LogP contribution is -2.29. The Labute approximate surface area is 118 Å². The van der Waals surface area contributed by atoms with Crippen LogP contribution in [0.25, 0.3) is 11.0 Å². The molecule has 1 aromatic carbocycles. The van der Waals surface area contributed by atoms with E-state index in [0.717, 1.165) is 42.6 Å². The van der Waals surface area contributed by atoms with Gasteiger partial charge in [-0.1, -0.05) is 0 Å². The molecule has 0 radical (unpaired) electrons. The summed E-state index contributed by atoms with van der Waals surface area (Å²) in [5.41, 5.74) is 3.01. The fourth-order valence-corrected chi connectivity index (χ4v) is 2.97. The van der Waals surface area contributed by atoms with Crippen molar-refractivity contribution in [3.8, 4) is 0 Å². The molecule has 2 heterocycles. The lowest BCUT2D eigenvalue weighted by atomic mass is 9.89. The van der Waals surface area contributed by atoms with Crippen molar-refractivity contribution in [2.75, 3.05) is 25.5 Å². The summed E-state index contributed by atoms with van der Waals surface area (Å²) in [6.07, 6.45) is 4.21. The molecule has 106 valence electrons. The van der Waals surface area contributed by atoms with Crippen LogP contribution >= 0.6 is 0 Å². The van der Waals surface area contributed by atoms with Crippen LogP contribution in [0.2, 0.25) is 0 Å². The van der Waals surface area contributed by atoms with Gasteiger partial charge in [0.25, 0.3) is 0 Å². The highest BCUT2D eigenvalue weighted by atomic mass is 16.3. The second-order valence-corrected chi connectivity index (χ2v) is 5.66. The molecule has 20 heavy (non-hydrogen) atoms. The van der Waals surface area contributed by atoms with E-state index >= 15 is 0 Å². The second-order valence-electron chi connectivity index (χ2n) is 5.66. The normalized spacial score (nSPS) is 17.5.